The Hall–Kier alpha value is -4.00. The van der Waals surface area contributed by atoms with E-state index in [1.54, 1.807) is 46.4 Å². The van der Waals surface area contributed by atoms with Crippen molar-refractivity contribution in [3.63, 3.8) is 0 Å². The number of piperidine rings is 1. The zero-order chi connectivity index (χ0) is 25.4. The largest absolute Gasteiger partial charge is 0.418 e. The summed E-state index contributed by atoms with van der Waals surface area (Å²) in [7, 11) is 0. The topological polar surface area (TPSA) is 107 Å². The molecule has 1 amide bonds. The molecule has 0 spiro atoms. The highest BCUT2D eigenvalue weighted by atomic mass is 19.4. The maximum atomic E-state index is 13.6. The third kappa shape index (κ3) is 4.49. The minimum Gasteiger partial charge on any atom is -0.379 e. The van der Waals surface area contributed by atoms with Gasteiger partial charge in [0.05, 0.1) is 48.3 Å². The summed E-state index contributed by atoms with van der Waals surface area (Å²) in [5, 5.41) is 26.1. The number of rotatable bonds is 5. The predicted octanol–water partition coefficient (Wildman–Crippen LogP) is 3.11. The van der Waals surface area contributed by atoms with E-state index < -0.39 is 12.3 Å². The predicted molar refractivity (Wildman–Crippen MR) is 120 cm³/mol. The molecule has 0 aliphatic carbocycles. The van der Waals surface area contributed by atoms with Gasteiger partial charge >= 0.3 is 6.18 Å². The van der Waals surface area contributed by atoms with Crippen LogP contribution in [0.15, 0.2) is 61.4 Å². The second kappa shape index (κ2) is 9.22. The number of nitrogens with zero attached hydrogens (tertiary/aromatic N) is 8. The highest BCUT2D eigenvalue weighted by Gasteiger charge is 2.40. The minimum atomic E-state index is -4.78. The molecule has 0 unspecified atom stereocenters. The molecule has 1 aliphatic rings. The molecule has 13 heteroatoms. The Morgan fingerprint density at radius 1 is 1.06 bits per heavy atom. The standard InChI is InChI=1S/C23H23F3N8O2/c1-15-6-7-17(13-31(15)22(36)19-4-2-3-5-20(19)34-27-8-9-28-34)33-14-18(11-30-33)32-12-16(10-29-32)21(35)23(24,25)26/h2-5,8-12,14-15,17,21,35H,6-7,13H2,1H3/t15-,17-,21-/m1/s1. The number of halogens is 3. The van der Waals surface area contributed by atoms with Crippen LogP contribution < -0.4 is 0 Å². The Morgan fingerprint density at radius 3 is 2.56 bits per heavy atom. The first-order chi connectivity index (χ1) is 17.2. The number of para-hydroxylation sites is 1. The average Bonchev–Trinajstić information content (AvgIpc) is 3.64. The molecule has 0 saturated carbocycles. The molecule has 5 rings (SSSR count). The number of carbonyl (C=O) groups is 1. The fraction of sp³-hybridized carbons (Fsp3) is 0.348. The number of alkyl halides is 3. The summed E-state index contributed by atoms with van der Waals surface area (Å²) in [6.45, 7) is 2.40. The molecule has 1 saturated heterocycles. The minimum absolute atomic E-state index is 0.0000471. The highest BCUT2D eigenvalue weighted by Crippen LogP contribution is 2.33. The fourth-order valence-electron chi connectivity index (χ4n) is 4.36. The molecule has 0 radical (unpaired) electrons. The zero-order valence-corrected chi connectivity index (χ0v) is 19.2. The van der Waals surface area contributed by atoms with Gasteiger partial charge in [0.2, 0.25) is 0 Å². The summed E-state index contributed by atoms with van der Waals surface area (Å²) in [4.78, 5) is 16.8. The van der Waals surface area contributed by atoms with Gasteiger partial charge in [-0.2, -0.15) is 38.4 Å². The van der Waals surface area contributed by atoms with Crippen molar-refractivity contribution in [1.82, 2.24) is 39.5 Å². The third-order valence-corrected chi connectivity index (χ3v) is 6.34. The van der Waals surface area contributed by atoms with E-state index in [2.05, 4.69) is 20.4 Å². The van der Waals surface area contributed by atoms with E-state index in [0.717, 1.165) is 25.2 Å². The van der Waals surface area contributed by atoms with E-state index in [1.165, 1.54) is 15.7 Å². The third-order valence-electron chi connectivity index (χ3n) is 6.34. The number of aliphatic hydroxyl groups is 1. The Balaban J connectivity index is 1.35. The summed E-state index contributed by atoms with van der Waals surface area (Å²) in [5.41, 5.74) is 1.15. The molecule has 1 aromatic carbocycles. The van der Waals surface area contributed by atoms with Crippen molar-refractivity contribution >= 4 is 5.91 Å². The lowest BCUT2D eigenvalue weighted by Gasteiger charge is -2.38. The lowest BCUT2D eigenvalue weighted by molar-refractivity contribution is -0.206. The van der Waals surface area contributed by atoms with Crippen molar-refractivity contribution in [3.8, 4) is 11.4 Å². The van der Waals surface area contributed by atoms with Gasteiger partial charge in [-0.15, -0.1) is 0 Å². The van der Waals surface area contributed by atoms with Gasteiger partial charge in [0, 0.05) is 24.3 Å². The molecule has 1 aliphatic heterocycles. The van der Waals surface area contributed by atoms with E-state index in [9.17, 15) is 23.1 Å². The van der Waals surface area contributed by atoms with Crippen molar-refractivity contribution in [3.05, 3.63) is 72.6 Å². The number of aromatic nitrogens is 7. The first-order valence-electron chi connectivity index (χ1n) is 11.3. The Labute approximate surface area is 203 Å². The number of likely N-dealkylation sites (tertiary alicyclic amines) is 1. The Bertz CT molecular complexity index is 1350. The van der Waals surface area contributed by atoms with Crippen LogP contribution in [0.4, 0.5) is 13.2 Å². The highest BCUT2D eigenvalue weighted by molar-refractivity contribution is 5.98. The molecule has 4 heterocycles. The monoisotopic (exact) mass is 500 g/mol. The lowest BCUT2D eigenvalue weighted by Crippen LogP contribution is -2.46. The quantitative estimate of drug-likeness (QED) is 0.451. The van der Waals surface area contributed by atoms with Crippen LogP contribution in [-0.4, -0.2) is 69.2 Å². The molecule has 1 fully saturated rings. The number of aliphatic hydroxyl groups excluding tert-OH is 1. The second-order valence-electron chi connectivity index (χ2n) is 8.71. The average molecular weight is 500 g/mol. The van der Waals surface area contributed by atoms with E-state index in [4.69, 9.17) is 0 Å². The molecule has 1 N–H and O–H groups in total. The summed E-state index contributed by atoms with van der Waals surface area (Å²) in [6, 6.07) is 7.00. The van der Waals surface area contributed by atoms with Crippen LogP contribution in [0, 0.1) is 0 Å². The summed E-state index contributed by atoms with van der Waals surface area (Å²) in [5.74, 6) is -0.148. The lowest BCUT2D eigenvalue weighted by atomic mass is 9.98. The smallest absolute Gasteiger partial charge is 0.379 e. The van der Waals surface area contributed by atoms with Gasteiger partial charge in [-0.25, -0.2) is 4.68 Å². The van der Waals surface area contributed by atoms with E-state index in [-0.39, 0.29) is 23.6 Å². The number of hydrogen-bond acceptors (Lipinski definition) is 6. The maximum absolute atomic E-state index is 13.6. The molecule has 3 atom stereocenters. The summed E-state index contributed by atoms with van der Waals surface area (Å²) < 4.78 is 41.4. The SMILES string of the molecule is C[C@@H]1CC[C@@H](n2cc(-n3cc([C@@H](O)C(F)(F)F)cn3)cn2)CN1C(=O)c1ccccc1-n1nccn1. The van der Waals surface area contributed by atoms with Crippen molar-refractivity contribution in [2.75, 3.05) is 6.54 Å². The summed E-state index contributed by atoms with van der Waals surface area (Å²) in [6.07, 6.45) is 2.47. The number of carbonyl (C=O) groups excluding carboxylic acids is 1. The van der Waals surface area contributed by atoms with Gasteiger partial charge in [-0.1, -0.05) is 12.1 Å². The number of hydrogen-bond donors (Lipinski definition) is 1. The van der Waals surface area contributed by atoms with Crippen molar-refractivity contribution in [2.24, 2.45) is 0 Å². The van der Waals surface area contributed by atoms with Crippen LogP contribution in [0.1, 0.15) is 47.8 Å². The van der Waals surface area contributed by atoms with E-state index in [0.29, 0.717) is 23.5 Å². The van der Waals surface area contributed by atoms with E-state index in [1.807, 2.05) is 13.0 Å². The molecular weight excluding hydrogens is 477 g/mol. The van der Waals surface area contributed by atoms with Gasteiger partial charge in [-0.3, -0.25) is 9.48 Å². The van der Waals surface area contributed by atoms with Crippen LogP contribution in [0.3, 0.4) is 0 Å². The van der Waals surface area contributed by atoms with Crippen molar-refractivity contribution in [1.29, 1.82) is 0 Å². The molecule has 188 valence electrons. The molecule has 36 heavy (non-hydrogen) atoms. The second-order valence-corrected chi connectivity index (χ2v) is 8.71. The Morgan fingerprint density at radius 2 is 1.81 bits per heavy atom. The van der Waals surface area contributed by atoms with Crippen LogP contribution >= 0.6 is 0 Å². The number of amides is 1. The van der Waals surface area contributed by atoms with Crippen LogP contribution in [0.25, 0.3) is 11.4 Å². The zero-order valence-electron chi connectivity index (χ0n) is 19.2. The normalized spacial score (nSPS) is 19.4. The van der Waals surface area contributed by atoms with Crippen molar-refractivity contribution < 1.29 is 23.1 Å². The van der Waals surface area contributed by atoms with Gasteiger partial charge in [0.25, 0.3) is 5.91 Å². The van der Waals surface area contributed by atoms with Crippen molar-refractivity contribution in [2.45, 2.75) is 44.1 Å². The van der Waals surface area contributed by atoms with Crippen LogP contribution in [0.5, 0.6) is 0 Å². The molecule has 10 nitrogen and oxygen atoms in total. The molecule has 0 bridgehead atoms. The molecule has 3 aromatic heterocycles. The molecule has 4 aromatic rings. The molecular formula is C23H23F3N8O2. The van der Waals surface area contributed by atoms with E-state index >= 15 is 0 Å². The summed E-state index contributed by atoms with van der Waals surface area (Å²) >= 11 is 0. The number of benzene rings is 1. The van der Waals surface area contributed by atoms with Gasteiger partial charge < -0.3 is 10.0 Å². The fourth-order valence-corrected chi connectivity index (χ4v) is 4.36. The first kappa shape index (κ1) is 23.7. The first-order valence-corrected chi connectivity index (χ1v) is 11.3. The van der Waals surface area contributed by atoms with Gasteiger partial charge in [0.1, 0.15) is 5.69 Å². The van der Waals surface area contributed by atoms with Crippen LogP contribution in [0.2, 0.25) is 0 Å². The van der Waals surface area contributed by atoms with Gasteiger partial charge in [0.15, 0.2) is 6.10 Å². The Kier molecular flexibility index (Phi) is 6.08. The maximum Gasteiger partial charge on any atom is 0.418 e. The van der Waals surface area contributed by atoms with Gasteiger partial charge in [-0.05, 0) is 31.9 Å². The van der Waals surface area contributed by atoms with Crippen LogP contribution in [-0.2, 0) is 0 Å².